The van der Waals surface area contributed by atoms with Crippen molar-refractivity contribution in [2.45, 2.75) is 38.5 Å². The molecule has 20 heavy (non-hydrogen) atoms. The molecule has 2 rings (SSSR count). The number of hydrogen-bond acceptors (Lipinski definition) is 2. The van der Waals surface area contributed by atoms with Crippen LogP contribution in [0.15, 0.2) is 18.2 Å². The van der Waals surface area contributed by atoms with Gasteiger partial charge in [-0.1, -0.05) is 37.3 Å². The van der Waals surface area contributed by atoms with E-state index in [0.717, 1.165) is 6.42 Å². The lowest BCUT2D eigenvalue weighted by Gasteiger charge is -2.10. The molecule has 1 aliphatic carbocycles. The van der Waals surface area contributed by atoms with Crippen LogP contribution in [0.25, 0.3) is 0 Å². The molecule has 0 radical (unpaired) electrons. The fraction of sp³-hybridized carbons (Fsp3) is 0.467. The van der Waals surface area contributed by atoms with Gasteiger partial charge in [-0.25, -0.2) is 4.79 Å². The van der Waals surface area contributed by atoms with Crippen molar-refractivity contribution in [1.82, 2.24) is 0 Å². The fourth-order valence-corrected chi connectivity index (χ4v) is 2.88. The minimum Gasteiger partial charge on any atom is -0.478 e. The summed E-state index contributed by atoms with van der Waals surface area (Å²) in [6.45, 7) is 0. The SMILES string of the molecule is O=C(CCC1CCCC1)Nc1cc(Cl)cc(C(=O)O)c1. The first-order valence-electron chi connectivity index (χ1n) is 6.88. The molecule has 1 aliphatic rings. The first-order chi connectivity index (χ1) is 9.54. The van der Waals surface area contributed by atoms with Gasteiger partial charge in [-0.05, 0) is 30.5 Å². The molecule has 2 N–H and O–H groups in total. The molecule has 0 saturated heterocycles. The highest BCUT2D eigenvalue weighted by Crippen LogP contribution is 2.28. The molecule has 1 amide bonds. The summed E-state index contributed by atoms with van der Waals surface area (Å²) in [7, 11) is 0. The normalized spacial score (nSPS) is 15.2. The van der Waals surface area contributed by atoms with Crippen molar-refractivity contribution in [2.75, 3.05) is 5.32 Å². The van der Waals surface area contributed by atoms with Gasteiger partial charge in [0.05, 0.1) is 5.56 Å². The Balaban J connectivity index is 1.91. The van der Waals surface area contributed by atoms with Gasteiger partial charge in [-0.2, -0.15) is 0 Å². The molecule has 0 heterocycles. The Morgan fingerprint density at radius 2 is 1.95 bits per heavy atom. The molecule has 108 valence electrons. The Kier molecular flexibility index (Phi) is 5.01. The van der Waals surface area contributed by atoms with Gasteiger partial charge in [-0.15, -0.1) is 0 Å². The lowest BCUT2D eigenvalue weighted by molar-refractivity contribution is -0.116. The van der Waals surface area contributed by atoms with Crippen molar-refractivity contribution in [2.24, 2.45) is 5.92 Å². The van der Waals surface area contributed by atoms with Gasteiger partial charge in [0.15, 0.2) is 0 Å². The minimum absolute atomic E-state index is 0.0728. The van der Waals surface area contributed by atoms with Crippen LogP contribution in [0.1, 0.15) is 48.9 Å². The summed E-state index contributed by atoms with van der Waals surface area (Å²) in [5, 5.41) is 12.0. The molecule has 0 aliphatic heterocycles. The average molecular weight is 296 g/mol. The lowest BCUT2D eigenvalue weighted by atomic mass is 10.0. The zero-order valence-electron chi connectivity index (χ0n) is 11.2. The van der Waals surface area contributed by atoms with Crippen molar-refractivity contribution in [3.63, 3.8) is 0 Å². The maximum atomic E-state index is 11.9. The predicted octanol–water partition coefficient (Wildman–Crippen LogP) is 3.95. The van der Waals surface area contributed by atoms with Crippen LogP contribution in [0.2, 0.25) is 5.02 Å². The Labute approximate surface area is 123 Å². The van der Waals surface area contributed by atoms with Crippen LogP contribution in [-0.2, 0) is 4.79 Å². The van der Waals surface area contributed by atoms with Gasteiger partial charge in [-0.3, -0.25) is 4.79 Å². The molecule has 0 spiro atoms. The molecule has 0 aromatic heterocycles. The number of nitrogens with one attached hydrogen (secondary N) is 1. The highest BCUT2D eigenvalue weighted by Gasteiger charge is 2.16. The monoisotopic (exact) mass is 295 g/mol. The molecule has 0 unspecified atom stereocenters. The lowest BCUT2D eigenvalue weighted by Crippen LogP contribution is -2.13. The van der Waals surface area contributed by atoms with Crippen LogP contribution in [0.4, 0.5) is 5.69 Å². The Hall–Kier alpha value is -1.55. The number of carboxylic acids is 1. The third-order valence-electron chi connectivity index (χ3n) is 3.68. The molecule has 1 aromatic rings. The summed E-state index contributed by atoms with van der Waals surface area (Å²) in [5.74, 6) is -0.487. The number of benzene rings is 1. The average Bonchev–Trinajstić information content (AvgIpc) is 2.88. The molecule has 0 atom stereocenters. The van der Waals surface area contributed by atoms with E-state index in [2.05, 4.69) is 5.32 Å². The zero-order valence-corrected chi connectivity index (χ0v) is 11.9. The van der Waals surface area contributed by atoms with Crippen LogP contribution >= 0.6 is 11.6 Å². The van der Waals surface area contributed by atoms with Gasteiger partial charge in [0.1, 0.15) is 0 Å². The van der Waals surface area contributed by atoms with Crippen molar-refractivity contribution in [3.05, 3.63) is 28.8 Å². The predicted molar refractivity (Wildman–Crippen MR) is 78.2 cm³/mol. The van der Waals surface area contributed by atoms with E-state index in [9.17, 15) is 9.59 Å². The number of anilines is 1. The van der Waals surface area contributed by atoms with Crippen LogP contribution < -0.4 is 5.32 Å². The van der Waals surface area contributed by atoms with Crippen LogP contribution in [0.5, 0.6) is 0 Å². The number of hydrogen-bond donors (Lipinski definition) is 2. The molecule has 4 nitrogen and oxygen atoms in total. The smallest absolute Gasteiger partial charge is 0.335 e. The van der Waals surface area contributed by atoms with Crippen molar-refractivity contribution in [3.8, 4) is 0 Å². The summed E-state index contributed by atoms with van der Waals surface area (Å²) in [4.78, 5) is 22.8. The number of rotatable bonds is 5. The summed E-state index contributed by atoms with van der Waals surface area (Å²) in [6.07, 6.45) is 6.34. The molecule has 0 bridgehead atoms. The van der Waals surface area contributed by atoms with Gasteiger partial charge < -0.3 is 10.4 Å². The summed E-state index contributed by atoms with van der Waals surface area (Å²) in [5.41, 5.74) is 0.509. The first kappa shape index (κ1) is 14.9. The van der Waals surface area contributed by atoms with Crippen LogP contribution in [-0.4, -0.2) is 17.0 Å². The molecular formula is C15H18ClNO3. The van der Waals surface area contributed by atoms with Crippen molar-refractivity contribution in [1.29, 1.82) is 0 Å². The van der Waals surface area contributed by atoms with E-state index < -0.39 is 5.97 Å². The number of carboxylic acid groups (broad SMARTS) is 1. The van der Waals surface area contributed by atoms with Crippen molar-refractivity contribution >= 4 is 29.2 Å². The molecule has 1 saturated carbocycles. The van der Waals surface area contributed by atoms with E-state index in [1.54, 1.807) is 6.07 Å². The number of amides is 1. The second-order valence-corrected chi connectivity index (χ2v) is 5.71. The van der Waals surface area contributed by atoms with Gasteiger partial charge in [0.25, 0.3) is 0 Å². The van der Waals surface area contributed by atoms with Gasteiger partial charge in [0.2, 0.25) is 5.91 Å². The Morgan fingerprint density at radius 1 is 1.25 bits per heavy atom. The zero-order chi connectivity index (χ0) is 14.5. The third-order valence-corrected chi connectivity index (χ3v) is 3.90. The van der Waals surface area contributed by atoms with Gasteiger partial charge >= 0.3 is 5.97 Å². The maximum Gasteiger partial charge on any atom is 0.335 e. The van der Waals surface area contributed by atoms with E-state index >= 15 is 0 Å². The minimum atomic E-state index is -1.06. The van der Waals surface area contributed by atoms with Crippen molar-refractivity contribution < 1.29 is 14.7 Å². The molecule has 5 heteroatoms. The Morgan fingerprint density at radius 3 is 2.60 bits per heavy atom. The number of carbonyl (C=O) groups is 2. The summed E-state index contributed by atoms with van der Waals surface area (Å²) < 4.78 is 0. The van der Waals surface area contributed by atoms with Crippen LogP contribution in [0.3, 0.4) is 0 Å². The number of halogens is 1. The van der Waals surface area contributed by atoms with E-state index in [1.165, 1.54) is 37.8 Å². The maximum absolute atomic E-state index is 11.9. The second kappa shape index (κ2) is 6.75. The van der Waals surface area contributed by atoms with E-state index in [1.807, 2.05) is 0 Å². The fourth-order valence-electron chi connectivity index (χ4n) is 2.64. The molecule has 1 fully saturated rings. The van der Waals surface area contributed by atoms with E-state index in [4.69, 9.17) is 16.7 Å². The summed E-state index contributed by atoms with van der Waals surface area (Å²) >= 11 is 5.84. The van der Waals surface area contributed by atoms with Crippen LogP contribution in [0, 0.1) is 5.92 Å². The van der Waals surface area contributed by atoms with E-state index in [-0.39, 0.29) is 11.5 Å². The highest BCUT2D eigenvalue weighted by atomic mass is 35.5. The second-order valence-electron chi connectivity index (χ2n) is 5.27. The number of carbonyl (C=O) groups excluding carboxylic acids is 1. The van der Waals surface area contributed by atoms with Gasteiger partial charge in [0, 0.05) is 17.1 Å². The summed E-state index contributed by atoms with van der Waals surface area (Å²) in [6, 6.07) is 4.33. The highest BCUT2D eigenvalue weighted by molar-refractivity contribution is 6.31. The van der Waals surface area contributed by atoms with E-state index in [0.29, 0.717) is 23.0 Å². The standard InChI is InChI=1S/C15H18ClNO3/c16-12-7-11(15(19)20)8-13(9-12)17-14(18)6-5-10-3-1-2-4-10/h7-10H,1-6H2,(H,17,18)(H,19,20). The first-order valence-corrected chi connectivity index (χ1v) is 7.26. The topological polar surface area (TPSA) is 66.4 Å². The largest absolute Gasteiger partial charge is 0.478 e. The Bertz CT molecular complexity index is 510. The quantitative estimate of drug-likeness (QED) is 0.864. The number of aromatic carboxylic acids is 1. The molecular weight excluding hydrogens is 278 g/mol. The molecule has 1 aromatic carbocycles. The third kappa shape index (κ3) is 4.23.